The SMILES string of the molecule is Cc1ccccc1NS(=O)(=O)CCN1C(=O)c2ccccc2C1=O. The first-order valence-corrected chi connectivity index (χ1v) is 9.05. The molecule has 6 nitrogen and oxygen atoms in total. The van der Waals surface area contributed by atoms with Gasteiger partial charge in [0, 0.05) is 6.54 Å². The van der Waals surface area contributed by atoms with E-state index in [2.05, 4.69) is 4.72 Å². The molecule has 0 radical (unpaired) electrons. The lowest BCUT2D eigenvalue weighted by molar-refractivity contribution is 0.0664. The first kappa shape index (κ1) is 16.2. The third kappa shape index (κ3) is 3.03. The largest absolute Gasteiger partial charge is 0.283 e. The number of nitrogens with zero attached hydrogens (tertiary/aromatic N) is 1. The minimum Gasteiger partial charge on any atom is -0.283 e. The molecule has 3 rings (SSSR count). The molecule has 24 heavy (non-hydrogen) atoms. The lowest BCUT2D eigenvalue weighted by Crippen LogP contribution is -2.35. The lowest BCUT2D eigenvalue weighted by Gasteiger charge is -2.15. The van der Waals surface area contributed by atoms with Crippen molar-refractivity contribution in [3.8, 4) is 0 Å². The number of hydrogen-bond acceptors (Lipinski definition) is 4. The van der Waals surface area contributed by atoms with Crippen LogP contribution in [0, 0.1) is 6.92 Å². The molecule has 2 aromatic rings. The van der Waals surface area contributed by atoms with Crippen LogP contribution in [-0.4, -0.2) is 37.4 Å². The van der Waals surface area contributed by atoms with Crippen molar-refractivity contribution in [3.63, 3.8) is 0 Å². The number of para-hydroxylation sites is 1. The van der Waals surface area contributed by atoms with Gasteiger partial charge in [0.1, 0.15) is 0 Å². The number of sulfonamides is 1. The van der Waals surface area contributed by atoms with Crippen LogP contribution in [0.3, 0.4) is 0 Å². The number of anilines is 1. The van der Waals surface area contributed by atoms with Crippen molar-refractivity contribution in [1.82, 2.24) is 4.90 Å². The maximum absolute atomic E-state index is 12.2. The quantitative estimate of drug-likeness (QED) is 0.841. The minimum atomic E-state index is -3.67. The monoisotopic (exact) mass is 344 g/mol. The highest BCUT2D eigenvalue weighted by Crippen LogP contribution is 2.22. The number of imide groups is 1. The molecule has 0 fully saturated rings. The van der Waals surface area contributed by atoms with Crippen LogP contribution in [0.1, 0.15) is 26.3 Å². The number of rotatable bonds is 5. The zero-order chi connectivity index (χ0) is 17.3. The number of carbonyl (C=O) groups is 2. The lowest BCUT2D eigenvalue weighted by atomic mass is 10.1. The number of fused-ring (bicyclic) bond motifs is 1. The average Bonchev–Trinajstić information content (AvgIpc) is 2.80. The first-order chi connectivity index (χ1) is 11.4. The predicted octanol–water partition coefficient (Wildman–Crippen LogP) is 2.03. The van der Waals surface area contributed by atoms with Gasteiger partial charge >= 0.3 is 0 Å². The molecule has 7 heteroatoms. The number of aryl methyl sites for hydroxylation is 1. The zero-order valence-electron chi connectivity index (χ0n) is 13.0. The maximum atomic E-state index is 12.2. The van der Waals surface area contributed by atoms with Gasteiger partial charge in [-0.3, -0.25) is 19.2 Å². The third-order valence-corrected chi connectivity index (χ3v) is 5.12. The third-order valence-electron chi connectivity index (χ3n) is 3.87. The summed E-state index contributed by atoms with van der Waals surface area (Å²) in [5.74, 6) is -1.27. The van der Waals surface area contributed by atoms with Crippen molar-refractivity contribution in [2.45, 2.75) is 6.92 Å². The van der Waals surface area contributed by atoms with Gasteiger partial charge in [-0.25, -0.2) is 8.42 Å². The molecule has 0 aromatic heterocycles. The molecular weight excluding hydrogens is 328 g/mol. The number of hydrogen-bond donors (Lipinski definition) is 1. The normalized spacial score (nSPS) is 14.0. The molecule has 0 saturated heterocycles. The summed E-state index contributed by atoms with van der Waals surface area (Å²) in [4.78, 5) is 25.4. The summed E-state index contributed by atoms with van der Waals surface area (Å²) in [5.41, 5.74) is 1.90. The fourth-order valence-electron chi connectivity index (χ4n) is 2.56. The van der Waals surface area contributed by atoms with E-state index < -0.39 is 21.8 Å². The van der Waals surface area contributed by atoms with Crippen LogP contribution in [0.5, 0.6) is 0 Å². The predicted molar refractivity (Wildman–Crippen MR) is 90.4 cm³/mol. The van der Waals surface area contributed by atoms with Crippen LogP contribution in [0.4, 0.5) is 5.69 Å². The Morgan fingerprint density at radius 3 is 2.04 bits per heavy atom. The Balaban J connectivity index is 1.71. The zero-order valence-corrected chi connectivity index (χ0v) is 13.8. The molecule has 1 heterocycles. The number of benzene rings is 2. The van der Waals surface area contributed by atoms with E-state index in [0.29, 0.717) is 16.8 Å². The van der Waals surface area contributed by atoms with Gasteiger partial charge in [-0.05, 0) is 30.7 Å². The number of carbonyl (C=O) groups excluding carboxylic acids is 2. The molecular formula is C17H16N2O4S. The molecule has 0 spiro atoms. The molecule has 0 aliphatic carbocycles. The van der Waals surface area contributed by atoms with Gasteiger partial charge in [0.25, 0.3) is 11.8 Å². The number of nitrogens with one attached hydrogen (secondary N) is 1. The molecule has 2 aromatic carbocycles. The van der Waals surface area contributed by atoms with Gasteiger partial charge in [-0.2, -0.15) is 0 Å². The summed E-state index contributed by atoms with van der Waals surface area (Å²) >= 11 is 0. The molecule has 0 atom stereocenters. The highest BCUT2D eigenvalue weighted by atomic mass is 32.2. The van der Waals surface area contributed by atoms with E-state index in [-0.39, 0.29) is 12.3 Å². The molecule has 1 aliphatic heterocycles. The van der Waals surface area contributed by atoms with Gasteiger partial charge in [0.05, 0.1) is 22.6 Å². The van der Waals surface area contributed by atoms with E-state index in [9.17, 15) is 18.0 Å². The van der Waals surface area contributed by atoms with Gasteiger partial charge in [-0.1, -0.05) is 30.3 Å². The maximum Gasteiger partial charge on any atom is 0.261 e. The van der Waals surface area contributed by atoms with Crippen molar-refractivity contribution >= 4 is 27.5 Å². The molecule has 0 bridgehead atoms. The Morgan fingerprint density at radius 2 is 1.46 bits per heavy atom. The van der Waals surface area contributed by atoms with Crippen LogP contribution < -0.4 is 4.72 Å². The van der Waals surface area contributed by atoms with Crippen LogP contribution in [0.15, 0.2) is 48.5 Å². The second kappa shape index (κ2) is 6.09. The van der Waals surface area contributed by atoms with E-state index in [1.165, 1.54) is 0 Å². The standard InChI is InChI=1S/C17H16N2O4S/c1-12-6-2-5-9-15(12)18-24(22,23)11-10-19-16(20)13-7-3-4-8-14(13)17(19)21/h2-9,18H,10-11H2,1H3. The van der Waals surface area contributed by atoms with E-state index in [0.717, 1.165) is 10.5 Å². The second-order valence-electron chi connectivity index (χ2n) is 5.54. The van der Waals surface area contributed by atoms with E-state index in [1.807, 2.05) is 6.07 Å². The van der Waals surface area contributed by atoms with Gasteiger partial charge < -0.3 is 0 Å². The van der Waals surface area contributed by atoms with Crippen LogP contribution in [-0.2, 0) is 10.0 Å². The topological polar surface area (TPSA) is 83.6 Å². The first-order valence-electron chi connectivity index (χ1n) is 7.40. The summed E-state index contributed by atoms with van der Waals surface area (Å²) in [5, 5.41) is 0. The summed E-state index contributed by atoms with van der Waals surface area (Å²) in [6.07, 6.45) is 0. The van der Waals surface area contributed by atoms with Crippen molar-refractivity contribution in [1.29, 1.82) is 0 Å². The number of amides is 2. The Morgan fingerprint density at radius 1 is 0.917 bits per heavy atom. The minimum absolute atomic E-state index is 0.187. The summed E-state index contributed by atoms with van der Waals surface area (Å²) in [6.45, 7) is 1.61. The Labute approximate surface area is 140 Å². The smallest absolute Gasteiger partial charge is 0.261 e. The molecule has 2 amide bonds. The van der Waals surface area contributed by atoms with E-state index in [1.54, 1.807) is 49.4 Å². The fourth-order valence-corrected chi connectivity index (χ4v) is 3.65. The van der Waals surface area contributed by atoms with E-state index >= 15 is 0 Å². The Bertz CT molecular complexity index is 887. The van der Waals surface area contributed by atoms with Crippen molar-refractivity contribution in [2.75, 3.05) is 17.0 Å². The highest BCUT2D eigenvalue weighted by molar-refractivity contribution is 7.92. The fraction of sp³-hybridized carbons (Fsp3) is 0.176. The van der Waals surface area contributed by atoms with E-state index in [4.69, 9.17) is 0 Å². The Kier molecular flexibility index (Phi) is 4.11. The second-order valence-corrected chi connectivity index (χ2v) is 7.39. The summed E-state index contributed by atoms with van der Waals surface area (Å²) < 4.78 is 27.0. The van der Waals surface area contributed by atoms with Crippen LogP contribution in [0.2, 0.25) is 0 Å². The van der Waals surface area contributed by atoms with Crippen molar-refractivity contribution in [2.24, 2.45) is 0 Å². The van der Waals surface area contributed by atoms with Gasteiger partial charge in [-0.15, -0.1) is 0 Å². The Hall–Kier alpha value is -2.67. The summed E-state index contributed by atoms with van der Waals surface area (Å²) in [6, 6.07) is 13.5. The molecule has 0 saturated carbocycles. The molecule has 124 valence electrons. The molecule has 0 unspecified atom stereocenters. The highest BCUT2D eigenvalue weighted by Gasteiger charge is 2.35. The van der Waals surface area contributed by atoms with Crippen molar-refractivity contribution < 1.29 is 18.0 Å². The summed E-state index contributed by atoms with van der Waals surface area (Å²) in [7, 11) is -3.67. The molecule has 1 N–H and O–H groups in total. The average molecular weight is 344 g/mol. The molecule has 1 aliphatic rings. The van der Waals surface area contributed by atoms with Crippen molar-refractivity contribution in [3.05, 3.63) is 65.2 Å². The van der Waals surface area contributed by atoms with Gasteiger partial charge in [0.2, 0.25) is 10.0 Å². The van der Waals surface area contributed by atoms with Crippen LogP contribution in [0.25, 0.3) is 0 Å². The van der Waals surface area contributed by atoms with Gasteiger partial charge in [0.15, 0.2) is 0 Å². The van der Waals surface area contributed by atoms with Crippen LogP contribution >= 0.6 is 0 Å².